The minimum absolute atomic E-state index is 0.0668. The fourth-order valence-electron chi connectivity index (χ4n) is 0.854. The molecule has 16 heavy (non-hydrogen) atoms. The van der Waals surface area contributed by atoms with Gasteiger partial charge in [-0.1, -0.05) is 0 Å². The minimum Gasteiger partial charge on any atom is -0.481 e. The van der Waals surface area contributed by atoms with Gasteiger partial charge in [0.1, 0.15) is 6.04 Å². The SMILES string of the molecule is O=C(O)CSCC(=O)N[C@H](CCS)C(=O)O. The number of carbonyl (C=O) groups is 3. The first-order valence-electron chi connectivity index (χ1n) is 4.40. The van der Waals surface area contributed by atoms with Crippen LogP contribution in [0.15, 0.2) is 0 Å². The number of carboxylic acid groups (broad SMARTS) is 2. The van der Waals surface area contributed by atoms with Crippen molar-refractivity contribution in [2.24, 2.45) is 0 Å². The van der Waals surface area contributed by atoms with Gasteiger partial charge >= 0.3 is 11.9 Å². The summed E-state index contributed by atoms with van der Waals surface area (Å²) in [4.78, 5) is 32.0. The zero-order valence-corrected chi connectivity index (χ0v) is 10.1. The standard InChI is InChI=1S/C8H13NO5S2/c10-6(3-16-4-7(11)12)9-5(1-2-15)8(13)14/h5,15H,1-4H2,(H,9,10)(H,11,12)(H,13,14)/t5-/m1/s1. The molecule has 6 nitrogen and oxygen atoms in total. The molecule has 0 saturated heterocycles. The van der Waals surface area contributed by atoms with E-state index in [1.54, 1.807) is 0 Å². The molecule has 0 unspecified atom stereocenters. The van der Waals surface area contributed by atoms with Crippen molar-refractivity contribution in [3.63, 3.8) is 0 Å². The van der Waals surface area contributed by atoms with Gasteiger partial charge in [0.05, 0.1) is 11.5 Å². The van der Waals surface area contributed by atoms with E-state index in [4.69, 9.17) is 10.2 Å². The van der Waals surface area contributed by atoms with Crippen LogP contribution in [0, 0.1) is 0 Å². The van der Waals surface area contributed by atoms with E-state index >= 15 is 0 Å². The first-order valence-corrected chi connectivity index (χ1v) is 6.18. The molecule has 0 fully saturated rings. The number of hydrogen-bond acceptors (Lipinski definition) is 5. The van der Waals surface area contributed by atoms with Crippen molar-refractivity contribution < 1.29 is 24.6 Å². The second kappa shape index (κ2) is 8.28. The predicted octanol–water partition coefficient (Wildman–Crippen LogP) is -0.307. The number of rotatable bonds is 8. The molecule has 8 heteroatoms. The predicted molar refractivity (Wildman–Crippen MR) is 63.0 cm³/mol. The average Bonchev–Trinajstić information content (AvgIpc) is 2.16. The van der Waals surface area contributed by atoms with E-state index in [9.17, 15) is 14.4 Å². The first-order chi connectivity index (χ1) is 7.47. The Morgan fingerprint density at radius 3 is 2.31 bits per heavy atom. The maximum absolute atomic E-state index is 11.2. The van der Waals surface area contributed by atoms with E-state index in [2.05, 4.69) is 17.9 Å². The summed E-state index contributed by atoms with van der Waals surface area (Å²) in [5.41, 5.74) is 0. The summed E-state index contributed by atoms with van der Waals surface area (Å²) in [5, 5.41) is 19.3. The lowest BCUT2D eigenvalue weighted by molar-refractivity contribution is -0.141. The van der Waals surface area contributed by atoms with Crippen molar-refractivity contribution in [3.05, 3.63) is 0 Å². The molecule has 92 valence electrons. The van der Waals surface area contributed by atoms with Crippen molar-refractivity contribution in [1.82, 2.24) is 5.32 Å². The Labute approximate surface area is 102 Å². The van der Waals surface area contributed by atoms with Gasteiger partial charge in [0.2, 0.25) is 5.91 Å². The quantitative estimate of drug-likeness (QED) is 0.450. The van der Waals surface area contributed by atoms with Crippen molar-refractivity contribution in [2.75, 3.05) is 17.3 Å². The van der Waals surface area contributed by atoms with Gasteiger partial charge in [-0.25, -0.2) is 4.79 Å². The monoisotopic (exact) mass is 267 g/mol. The largest absolute Gasteiger partial charge is 0.481 e. The first kappa shape index (κ1) is 15.1. The summed E-state index contributed by atoms with van der Waals surface area (Å²) >= 11 is 4.79. The van der Waals surface area contributed by atoms with Gasteiger partial charge in [0, 0.05) is 0 Å². The van der Waals surface area contributed by atoms with E-state index in [1.807, 2.05) is 0 Å². The lowest BCUT2D eigenvalue weighted by atomic mass is 10.2. The van der Waals surface area contributed by atoms with Crippen LogP contribution < -0.4 is 5.32 Å². The van der Waals surface area contributed by atoms with Crippen LogP contribution in [0.2, 0.25) is 0 Å². The van der Waals surface area contributed by atoms with Gasteiger partial charge in [-0.15, -0.1) is 11.8 Å². The van der Waals surface area contributed by atoms with Gasteiger partial charge in [-0.3, -0.25) is 9.59 Å². The van der Waals surface area contributed by atoms with Gasteiger partial charge in [0.25, 0.3) is 0 Å². The third-order valence-electron chi connectivity index (χ3n) is 1.51. The van der Waals surface area contributed by atoms with Crippen LogP contribution in [0.3, 0.4) is 0 Å². The van der Waals surface area contributed by atoms with Crippen LogP contribution in [-0.2, 0) is 14.4 Å². The van der Waals surface area contributed by atoms with E-state index in [1.165, 1.54) is 0 Å². The van der Waals surface area contributed by atoms with E-state index in [-0.39, 0.29) is 17.9 Å². The molecule has 1 amide bonds. The molecule has 1 atom stereocenters. The third kappa shape index (κ3) is 7.41. The smallest absolute Gasteiger partial charge is 0.326 e. The van der Waals surface area contributed by atoms with E-state index in [0.29, 0.717) is 5.75 Å². The molecule has 0 heterocycles. The van der Waals surface area contributed by atoms with Crippen LogP contribution in [0.25, 0.3) is 0 Å². The van der Waals surface area contributed by atoms with Crippen LogP contribution >= 0.6 is 24.4 Å². The molecule has 0 rings (SSSR count). The Bertz CT molecular complexity index is 271. The Balaban J connectivity index is 3.90. The fraction of sp³-hybridized carbons (Fsp3) is 0.625. The minimum atomic E-state index is -1.12. The van der Waals surface area contributed by atoms with Crippen LogP contribution in [0.5, 0.6) is 0 Å². The molecule has 0 saturated carbocycles. The Morgan fingerprint density at radius 2 is 1.88 bits per heavy atom. The highest BCUT2D eigenvalue weighted by Crippen LogP contribution is 2.00. The number of carbonyl (C=O) groups excluding carboxylic acids is 1. The average molecular weight is 267 g/mol. The second-order valence-electron chi connectivity index (χ2n) is 2.86. The fourth-order valence-corrected chi connectivity index (χ4v) is 1.66. The number of nitrogens with one attached hydrogen (secondary N) is 1. The number of amides is 1. The number of carboxylic acids is 2. The summed E-state index contributed by atoms with van der Waals surface area (Å²) in [5.74, 6) is -2.52. The van der Waals surface area contributed by atoms with Crippen molar-refractivity contribution >= 4 is 42.2 Å². The Morgan fingerprint density at radius 1 is 1.25 bits per heavy atom. The molecule has 0 aromatic heterocycles. The molecule has 0 aliphatic heterocycles. The van der Waals surface area contributed by atoms with E-state index < -0.39 is 23.9 Å². The normalized spacial score (nSPS) is 11.8. The summed E-state index contributed by atoms with van der Waals surface area (Å²) < 4.78 is 0. The van der Waals surface area contributed by atoms with Gasteiger partial charge in [0.15, 0.2) is 0 Å². The highest BCUT2D eigenvalue weighted by atomic mass is 32.2. The summed E-state index contributed by atoms with van der Waals surface area (Å²) in [6.07, 6.45) is 0.230. The molecular weight excluding hydrogens is 254 g/mol. The van der Waals surface area contributed by atoms with Gasteiger partial charge < -0.3 is 15.5 Å². The maximum atomic E-state index is 11.2. The number of thioether (sulfide) groups is 1. The molecular formula is C8H13NO5S2. The number of thiol groups is 1. The van der Waals surface area contributed by atoms with Gasteiger partial charge in [-0.2, -0.15) is 12.6 Å². The Kier molecular flexibility index (Phi) is 7.82. The molecule has 0 aromatic carbocycles. The molecule has 0 aliphatic carbocycles. The maximum Gasteiger partial charge on any atom is 0.326 e. The third-order valence-corrected chi connectivity index (χ3v) is 2.69. The number of aliphatic carboxylic acids is 2. The van der Waals surface area contributed by atoms with Crippen molar-refractivity contribution in [3.8, 4) is 0 Å². The molecule has 0 spiro atoms. The molecule has 0 aromatic rings. The highest BCUT2D eigenvalue weighted by Gasteiger charge is 2.18. The Hall–Kier alpha value is -0.890. The lowest BCUT2D eigenvalue weighted by Crippen LogP contribution is -2.42. The van der Waals surface area contributed by atoms with Crippen LogP contribution in [0.1, 0.15) is 6.42 Å². The lowest BCUT2D eigenvalue weighted by Gasteiger charge is -2.12. The summed E-state index contributed by atoms with van der Waals surface area (Å²) in [6, 6.07) is -0.963. The zero-order chi connectivity index (χ0) is 12.6. The molecule has 0 radical (unpaired) electrons. The van der Waals surface area contributed by atoms with E-state index in [0.717, 1.165) is 11.8 Å². The molecule has 0 bridgehead atoms. The molecule has 3 N–H and O–H groups in total. The highest BCUT2D eigenvalue weighted by molar-refractivity contribution is 8.00. The van der Waals surface area contributed by atoms with Gasteiger partial charge in [-0.05, 0) is 12.2 Å². The second-order valence-corrected chi connectivity index (χ2v) is 4.29. The summed E-state index contributed by atoms with van der Waals surface area (Å²) in [6.45, 7) is 0. The van der Waals surface area contributed by atoms with Crippen LogP contribution in [-0.4, -0.2) is 51.4 Å². The molecule has 0 aliphatic rings. The van der Waals surface area contributed by atoms with Crippen molar-refractivity contribution in [1.29, 1.82) is 0 Å². The van der Waals surface area contributed by atoms with Crippen LogP contribution in [0.4, 0.5) is 0 Å². The topological polar surface area (TPSA) is 104 Å². The summed E-state index contributed by atoms with van der Waals surface area (Å²) in [7, 11) is 0. The zero-order valence-electron chi connectivity index (χ0n) is 8.38. The number of hydrogen-bond donors (Lipinski definition) is 4. The van der Waals surface area contributed by atoms with Crippen molar-refractivity contribution in [2.45, 2.75) is 12.5 Å².